The zero-order chi connectivity index (χ0) is 12.1. The zero-order valence-electron chi connectivity index (χ0n) is 9.76. The molecule has 0 bridgehead atoms. The Hall–Kier alpha value is -1.00. The van der Waals surface area contributed by atoms with Gasteiger partial charge < -0.3 is 11.1 Å². The molecule has 4 heteroatoms. The molecule has 2 unspecified atom stereocenters. The maximum Gasteiger partial charge on any atom is 0.224 e. The molecule has 1 aromatic carbocycles. The van der Waals surface area contributed by atoms with Gasteiger partial charge in [0.05, 0.1) is 0 Å². The molecular weight excluding hydrogens is 232 g/mol. The standard InChI is InChI=1S/C13H18N2OS/c14-12(10-4-2-1-3-5-10)8-15-13(16)11-6-7-17-9-11/h1-5,11-12H,6-9,14H2,(H,15,16). The molecule has 1 aliphatic rings. The number of thioether (sulfide) groups is 1. The lowest BCUT2D eigenvalue weighted by atomic mass is 10.1. The summed E-state index contributed by atoms with van der Waals surface area (Å²) in [7, 11) is 0. The van der Waals surface area contributed by atoms with E-state index in [9.17, 15) is 4.79 Å². The van der Waals surface area contributed by atoms with Crippen LogP contribution in [0.2, 0.25) is 0 Å². The highest BCUT2D eigenvalue weighted by molar-refractivity contribution is 7.99. The molecule has 1 aromatic rings. The van der Waals surface area contributed by atoms with Gasteiger partial charge in [-0.25, -0.2) is 0 Å². The Bertz CT molecular complexity index is 363. The van der Waals surface area contributed by atoms with Gasteiger partial charge in [0.15, 0.2) is 0 Å². The third-order valence-electron chi connectivity index (χ3n) is 3.02. The van der Waals surface area contributed by atoms with Gasteiger partial charge in [0.1, 0.15) is 0 Å². The first kappa shape index (κ1) is 12.5. The molecule has 1 saturated heterocycles. The van der Waals surface area contributed by atoms with Gasteiger partial charge in [-0.3, -0.25) is 4.79 Å². The summed E-state index contributed by atoms with van der Waals surface area (Å²) in [6.45, 7) is 0.518. The number of amides is 1. The van der Waals surface area contributed by atoms with Gasteiger partial charge in [-0.05, 0) is 17.7 Å². The summed E-state index contributed by atoms with van der Waals surface area (Å²) in [5.74, 6) is 2.39. The second-order valence-electron chi connectivity index (χ2n) is 4.32. The van der Waals surface area contributed by atoms with E-state index in [1.165, 1.54) is 0 Å². The summed E-state index contributed by atoms with van der Waals surface area (Å²) < 4.78 is 0. The van der Waals surface area contributed by atoms with Crippen molar-refractivity contribution in [3.63, 3.8) is 0 Å². The average Bonchev–Trinajstić information content (AvgIpc) is 2.90. The first-order valence-corrected chi connectivity index (χ1v) is 7.09. The Morgan fingerprint density at radius 1 is 1.47 bits per heavy atom. The summed E-state index contributed by atoms with van der Waals surface area (Å²) in [6.07, 6.45) is 0.997. The molecule has 1 fully saturated rings. The first-order chi connectivity index (χ1) is 8.27. The molecule has 17 heavy (non-hydrogen) atoms. The molecule has 1 heterocycles. The predicted octanol–water partition coefficient (Wildman–Crippen LogP) is 1.56. The summed E-state index contributed by atoms with van der Waals surface area (Å²) in [6, 6.07) is 9.75. The normalized spacial score (nSPS) is 21.1. The molecule has 0 aromatic heterocycles. The molecule has 0 radical (unpaired) electrons. The predicted molar refractivity (Wildman–Crippen MR) is 71.8 cm³/mol. The molecule has 1 amide bonds. The van der Waals surface area contributed by atoms with E-state index < -0.39 is 0 Å². The highest BCUT2D eigenvalue weighted by atomic mass is 32.2. The van der Waals surface area contributed by atoms with Gasteiger partial charge in [0.25, 0.3) is 0 Å². The van der Waals surface area contributed by atoms with Crippen LogP contribution in [0.3, 0.4) is 0 Å². The Morgan fingerprint density at radius 2 is 2.24 bits per heavy atom. The number of carbonyl (C=O) groups is 1. The van der Waals surface area contributed by atoms with Crippen LogP contribution in [0.25, 0.3) is 0 Å². The number of nitrogens with one attached hydrogen (secondary N) is 1. The highest BCUT2D eigenvalue weighted by Crippen LogP contribution is 2.23. The fraction of sp³-hybridized carbons (Fsp3) is 0.462. The van der Waals surface area contributed by atoms with Crippen LogP contribution in [0.4, 0.5) is 0 Å². The van der Waals surface area contributed by atoms with Crippen LogP contribution in [0, 0.1) is 5.92 Å². The number of hydrogen-bond acceptors (Lipinski definition) is 3. The van der Waals surface area contributed by atoms with Crippen molar-refractivity contribution in [2.75, 3.05) is 18.1 Å². The minimum absolute atomic E-state index is 0.116. The van der Waals surface area contributed by atoms with Crippen LogP contribution in [0.5, 0.6) is 0 Å². The molecule has 0 saturated carbocycles. The second-order valence-corrected chi connectivity index (χ2v) is 5.47. The summed E-state index contributed by atoms with van der Waals surface area (Å²) >= 11 is 1.85. The molecular formula is C13H18N2OS. The van der Waals surface area contributed by atoms with Gasteiger partial charge in [-0.2, -0.15) is 11.8 Å². The van der Waals surface area contributed by atoms with Crippen molar-refractivity contribution in [2.24, 2.45) is 11.7 Å². The summed E-state index contributed by atoms with van der Waals surface area (Å²) in [5.41, 5.74) is 7.09. The lowest BCUT2D eigenvalue weighted by Gasteiger charge is -2.15. The van der Waals surface area contributed by atoms with Crippen molar-refractivity contribution in [2.45, 2.75) is 12.5 Å². The Balaban J connectivity index is 1.80. The fourth-order valence-corrected chi connectivity index (χ4v) is 3.13. The van der Waals surface area contributed by atoms with Crippen LogP contribution in [-0.4, -0.2) is 24.0 Å². The van der Waals surface area contributed by atoms with Crippen molar-refractivity contribution in [1.29, 1.82) is 0 Å². The minimum atomic E-state index is -0.116. The molecule has 92 valence electrons. The van der Waals surface area contributed by atoms with Crippen LogP contribution >= 0.6 is 11.8 Å². The van der Waals surface area contributed by atoms with Crippen LogP contribution in [-0.2, 0) is 4.79 Å². The van der Waals surface area contributed by atoms with Crippen molar-refractivity contribution in [3.8, 4) is 0 Å². The van der Waals surface area contributed by atoms with E-state index in [1.54, 1.807) is 0 Å². The number of hydrogen-bond donors (Lipinski definition) is 2. The highest BCUT2D eigenvalue weighted by Gasteiger charge is 2.23. The van der Waals surface area contributed by atoms with Crippen molar-refractivity contribution in [3.05, 3.63) is 35.9 Å². The Kier molecular flexibility index (Phi) is 4.45. The molecule has 3 nitrogen and oxygen atoms in total. The van der Waals surface area contributed by atoms with Crippen molar-refractivity contribution >= 4 is 17.7 Å². The van der Waals surface area contributed by atoms with E-state index in [0.29, 0.717) is 6.54 Å². The number of carbonyl (C=O) groups excluding carboxylic acids is 1. The third kappa shape index (κ3) is 3.48. The Labute approximate surface area is 106 Å². The summed E-state index contributed by atoms with van der Waals surface area (Å²) in [4.78, 5) is 11.8. The van der Waals surface area contributed by atoms with Crippen LogP contribution in [0.1, 0.15) is 18.0 Å². The molecule has 2 rings (SSSR count). The monoisotopic (exact) mass is 250 g/mol. The second kappa shape index (κ2) is 6.07. The maximum atomic E-state index is 11.8. The van der Waals surface area contributed by atoms with E-state index >= 15 is 0 Å². The molecule has 0 spiro atoms. The smallest absolute Gasteiger partial charge is 0.224 e. The Morgan fingerprint density at radius 3 is 2.88 bits per heavy atom. The van der Waals surface area contributed by atoms with E-state index in [4.69, 9.17) is 5.73 Å². The minimum Gasteiger partial charge on any atom is -0.354 e. The van der Waals surface area contributed by atoms with Gasteiger partial charge in [0.2, 0.25) is 5.91 Å². The van der Waals surface area contributed by atoms with Crippen molar-refractivity contribution < 1.29 is 4.79 Å². The first-order valence-electron chi connectivity index (χ1n) is 5.93. The van der Waals surface area contributed by atoms with Crippen molar-refractivity contribution in [1.82, 2.24) is 5.32 Å². The SMILES string of the molecule is NC(CNC(=O)C1CCSC1)c1ccccc1. The largest absolute Gasteiger partial charge is 0.354 e. The van der Waals surface area contributed by atoms with Crippen LogP contribution in [0.15, 0.2) is 30.3 Å². The van der Waals surface area contributed by atoms with E-state index in [0.717, 1.165) is 23.5 Å². The lowest BCUT2D eigenvalue weighted by Crippen LogP contribution is -2.36. The van der Waals surface area contributed by atoms with E-state index in [1.807, 2.05) is 42.1 Å². The molecule has 2 atom stereocenters. The number of rotatable bonds is 4. The van der Waals surface area contributed by atoms with E-state index in [2.05, 4.69) is 5.32 Å². The van der Waals surface area contributed by atoms with Crippen LogP contribution < -0.4 is 11.1 Å². The van der Waals surface area contributed by atoms with Gasteiger partial charge in [0, 0.05) is 24.3 Å². The van der Waals surface area contributed by atoms with Gasteiger partial charge in [-0.15, -0.1) is 0 Å². The molecule has 0 aliphatic carbocycles. The quantitative estimate of drug-likeness (QED) is 0.852. The van der Waals surface area contributed by atoms with Gasteiger partial charge >= 0.3 is 0 Å². The third-order valence-corrected chi connectivity index (χ3v) is 4.19. The van der Waals surface area contributed by atoms with E-state index in [-0.39, 0.29) is 17.9 Å². The molecule has 3 N–H and O–H groups in total. The number of nitrogens with two attached hydrogens (primary N) is 1. The number of benzene rings is 1. The average molecular weight is 250 g/mol. The zero-order valence-corrected chi connectivity index (χ0v) is 10.6. The van der Waals surface area contributed by atoms with Gasteiger partial charge in [-0.1, -0.05) is 30.3 Å². The molecule has 1 aliphatic heterocycles. The topological polar surface area (TPSA) is 55.1 Å². The lowest BCUT2D eigenvalue weighted by molar-refractivity contribution is -0.124. The summed E-state index contributed by atoms with van der Waals surface area (Å²) in [5, 5.41) is 2.95. The maximum absolute atomic E-state index is 11.8. The fourth-order valence-electron chi connectivity index (χ4n) is 1.91.